The second kappa shape index (κ2) is 5.75. The van der Waals surface area contributed by atoms with Gasteiger partial charge in [-0.2, -0.15) is 5.10 Å². The molecule has 6 heteroatoms. The Kier molecular flexibility index (Phi) is 4.06. The number of hydrogen-bond acceptors (Lipinski definition) is 2. The smallest absolute Gasteiger partial charge is 0.319 e. The second-order valence-corrected chi connectivity index (χ2v) is 4.71. The van der Waals surface area contributed by atoms with E-state index in [1.54, 1.807) is 35.1 Å². The summed E-state index contributed by atoms with van der Waals surface area (Å²) in [4.78, 5) is 11.8. The molecule has 0 fully saturated rings. The first-order valence-corrected chi connectivity index (χ1v) is 6.24. The Hall–Kier alpha value is -2.01. The average Bonchev–Trinajstić information content (AvgIpc) is 2.79. The third kappa shape index (κ3) is 3.72. The Bertz CT molecular complexity index is 564. The van der Waals surface area contributed by atoms with Crippen molar-refractivity contribution in [3.05, 3.63) is 47.2 Å². The first-order valence-electron chi connectivity index (χ1n) is 5.86. The summed E-state index contributed by atoms with van der Waals surface area (Å²) in [6.07, 6.45) is 3.60. The van der Waals surface area contributed by atoms with Crippen LogP contribution in [0.15, 0.2) is 36.7 Å². The van der Waals surface area contributed by atoms with Gasteiger partial charge in [0.15, 0.2) is 0 Å². The minimum Gasteiger partial charge on any atom is -0.331 e. The van der Waals surface area contributed by atoms with Gasteiger partial charge in [0.1, 0.15) is 0 Å². The molecule has 2 N–H and O–H groups in total. The molecule has 2 rings (SSSR count). The number of carbonyl (C=O) groups excluding carboxylic acids is 1. The number of nitrogens with one attached hydrogen (secondary N) is 2. The zero-order valence-electron chi connectivity index (χ0n) is 10.7. The number of aryl methyl sites for hydroxylation is 1. The quantitative estimate of drug-likeness (QED) is 0.907. The van der Waals surface area contributed by atoms with Crippen molar-refractivity contribution in [2.45, 2.75) is 13.0 Å². The second-order valence-electron chi connectivity index (χ2n) is 4.27. The Morgan fingerprint density at radius 3 is 2.63 bits per heavy atom. The molecule has 0 aliphatic rings. The molecule has 0 aliphatic heterocycles. The van der Waals surface area contributed by atoms with Crippen molar-refractivity contribution >= 4 is 23.3 Å². The first kappa shape index (κ1) is 13.4. The maximum Gasteiger partial charge on any atom is 0.319 e. The summed E-state index contributed by atoms with van der Waals surface area (Å²) in [6, 6.07) is 6.57. The van der Waals surface area contributed by atoms with Gasteiger partial charge in [-0.3, -0.25) is 4.68 Å². The lowest BCUT2D eigenvalue weighted by atomic mass is 10.2. The van der Waals surface area contributed by atoms with Crippen molar-refractivity contribution in [1.29, 1.82) is 0 Å². The number of aromatic nitrogens is 2. The van der Waals surface area contributed by atoms with E-state index in [9.17, 15) is 4.79 Å². The lowest BCUT2D eigenvalue weighted by molar-refractivity contribution is 0.249. The fourth-order valence-electron chi connectivity index (χ4n) is 1.64. The monoisotopic (exact) mass is 278 g/mol. The topological polar surface area (TPSA) is 59.0 Å². The molecule has 0 bridgehead atoms. The largest absolute Gasteiger partial charge is 0.331 e. The van der Waals surface area contributed by atoms with Gasteiger partial charge < -0.3 is 10.6 Å². The number of urea groups is 1. The maximum absolute atomic E-state index is 11.8. The Labute approximate surface area is 116 Å². The number of halogens is 1. The van der Waals surface area contributed by atoms with E-state index in [-0.39, 0.29) is 12.1 Å². The van der Waals surface area contributed by atoms with Crippen LogP contribution in [-0.4, -0.2) is 15.8 Å². The van der Waals surface area contributed by atoms with Gasteiger partial charge in [0, 0.05) is 29.5 Å². The molecular weight excluding hydrogens is 264 g/mol. The molecule has 1 heterocycles. The molecule has 0 saturated heterocycles. The van der Waals surface area contributed by atoms with Crippen LogP contribution in [0.2, 0.25) is 5.02 Å². The molecule has 0 radical (unpaired) electrons. The summed E-state index contributed by atoms with van der Waals surface area (Å²) in [5, 5.41) is 10.3. The van der Waals surface area contributed by atoms with Crippen LogP contribution in [0, 0.1) is 0 Å². The minimum atomic E-state index is -0.265. The van der Waals surface area contributed by atoms with Crippen LogP contribution < -0.4 is 10.6 Å². The van der Waals surface area contributed by atoms with Gasteiger partial charge >= 0.3 is 6.03 Å². The van der Waals surface area contributed by atoms with E-state index in [4.69, 9.17) is 11.6 Å². The van der Waals surface area contributed by atoms with Crippen LogP contribution >= 0.6 is 11.6 Å². The number of carbonyl (C=O) groups is 1. The molecule has 1 aromatic heterocycles. The van der Waals surface area contributed by atoms with Crippen LogP contribution in [0.5, 0.6) is 0 Å². The molecule has 100 valence electrons. The Morgan fingerprint density at radius 2 is 2.05 bits per heavy atom. The standard InChI is InChI=1S/C13H15ClN4O/c1-9(10-7-15-18(2)8-10)16-13(19)17-12-5-3-11(14)4-6-12/h3-9H,1-2H3,(H2,16,17,19). The maximum atomic E-state index is 11.8. The van der Waals surface area contributed by atoms with E-state index in [0.717, 1.165) is 5.56 Å². The SMILES string of the molecule is CC(NC(=O)Nc1ccc(Cl)cc1)c1cnn(C)c1. The molecule has 19 heavy (non-hydrogen) atoms. The summed E-state index contributed by atoms with van der Waals surface area (Å²) >= 11 is 5.78. The zero-order chi connectivity index (χ0) is 13.8. The van der Waals surface area contributed by atoms with E-state index in [1.807, 2.05) is 20.2 Å². The van der Waals surface area contributed by atoms with Gasteiger partial charge in [0.05, 0.1) is 12.2 Å². The van der Waals surface area contributed by atoms with Gasteiger partial charge in [0.25, 0.3) is 0 Å². The molecule has 2 amide bonds. The highest BCUT2D eigenvalue weighted by atomic mass is 35.5. The third-order valence-electron chi connectivity index (χ3n) is 2.67. The van der Waals surface area contributed by atoms with Crippen molar-refractivity contribution < 1.29 is 4.79 Å². The van der Waals surface area contributed by atoms with Crippen molar-refractivity contribution in [1.82, 2.24) is 15.1 Å². The number of benzene rings is 1. The molecule has 1 aromatic carbocycles. The van der Waals surface area contributed by atoms with Gasteiger partial charge in [0.2, 0.25) is 0 Å². The molecule has 5 nitrogen and oxygen atoms in total. The van der Waals surface area contributed by atoms with Crippen LogP contribution in [0.1, 0.15) is 18.5 Å². The molecule has 0 aliphatic carbocycles. The van der Waals surface area contributed by atoms with E-state index in [1.165, 1.54) is 0 Å². The Balaban J connectivity index is 1.92. The number of hydrogen-bond donors (Lipinski definition) is 2. The van der Waals surface area contributed by atoms with Gasteiger partial charge in [-0.1, -0.05) is 11.6 Å². The van der Waals surface area contributed by atoms with Gasteiger partial charge in [-0.25, -0.2) is 4.79 Å². The fraction of sp³-hybridized carbons (Fsp3) is 0.231. The van der Waals surface area contributed by atoms with E-state index < -0.39 is 0 Å². The van der Waals surface area contributed by atoms with Crippen molar-refractivity contribution in [3.8, 4) is 0 Å². The van der Waals surface area contributed by atoms with E-state index >= 15 is 0 Å². The van der Waals surface area contributed by atoms with Gasteiger partial charge in [-0.05, 0) is 31.2 Å². The number of amides is 2. The van der Waals surface area contributed by atoms with Crippen LogP contribution in [-0.2, 0) is 7.05 Å². The minimum absolute atomic E-state index is 0.110. The lowest BCUT2D eigenvalue weighted by Gasteiger charge is -2.13. The van der Waals surface area contributed by atoms with Gasteiger partial charge in [-0.15, -0.1) is 0 Å². The fourth-order valence-corrected chi connectivity index (χ4v) is 1.77. The zero-order valence-corrected chi connectivity index (χ0v) is 11.5. The third-order valence-corrected chi connectivity index (χ3v) is 2.93. The summed E-state index contributed by atoms with van der Waals surface area (Å²) in [6.45, 7) is 1.90. The molecule has 1 unspecified atom stereocenters. The highest BCUT2D eigenvalue weighted by molar-refractivity contribution is 6.30. The highest BCUT2D eigenvalue weighted by Gasteiger charge is 2.10. The summed E-state index contributed by atoms with van der Waals surface area (Å²) < 4.78 is 1.70. The average molecular weight is 279 g/mol. The van der Waals surface area contributed by atoms with Crippen LogP contribution in [0.25, 0.3) is 0 Å². The molecule has 2 aromatic rings. The number of rotatable bonds is 3. The van der Waals surface area contributed by atoms with Crippen molar-refractivity contribution in [2.24, 2.45) is 7.05 Å². The van der Waals surface area contributed by atoms with Crippen molar-refractivity contribution in [3.63, 3.8) is 0 Å². The lowest BCUT2D eigenvalue weighted by Crippen LogP contribution is -2.30. The normalized spacial score (nSPS) is 11.9. The van der Waals surface area contributed by atoms with Crippen LogP contribution in [0.4, 0.5) is 10.5 Å². The molecular formula is C13H15ClN4O. The number of anilines is 1. The summed E-state index contributed by atoms with van der Waals surface area (Å²) in [7, 11) is 1.84. The summed E-state index contributed by atoms with van der Waals surface area (Å²) in [5.41, 5.74) is 1.65. The Morgan fingerprint density at radius 1 is 1.37 bits per heavy atom. The van der Waals surface area contributed by atoms with E-state index in [0.29, 0.717) is 10.7 Å². The molecule has 0 spiro atoms. The predicted molar refractivity (Wildman–Crippen MR) is 75.2 cm³/mol. The highest BCUT2D eigenvalue weighted by Crippen LogP contribution is 2.14. The number of nitrogens with zero attached hydrogens (tertiary/aromatic N) is 2. The summed E-state index contributed by atoms with van der Waals surface area (Å²) in [5.74, 6) is 0. The molecule has 1 atom stereocenters. The predicted octanol–water partition coefficient (Wildman–Crippen LogP) is 2.96. The van der Waals surface area contributed by atoms with Crippen LogP contribution in [0.3, 0.4) is 0 Å². The van der Waals surface area contributed by atoms with Crippen molar-refractivity contribution in [2.75, 3.05) is 5.32 Å². The molecule has 0 saturated carbocycles. The van der Waals surface area contributed by atoms with E-state index in [2.05, 4.69) is 15.7 Å². The first-order chi connectivity index (χ1) is 9.04.